The van der Waals surface area contributed by atoms with E-state index in [9.17, 15) is 9.59 Å². The molecule has 5 heteroatoms. The second kappa shape index (κ2) is 9.68. The van der Waals surface area contributed by atoms with Gasteiger partial charge in [-0.25, -0.2) is 0 Å². The van der Waals surface area contributed by atoms with E-state index >= 15 is 0 Å². The van der Waals surface area contributed by atoms with Crippen molar-refractivity contribution in [3.8, 4) is 0 Å². The minimum Gasteiger partial charge on any atom is -0.481 e. The molecular formula is C12H22AgO4. The molecule has 0 heterocycles. The number of hydrogen-bond donors (Lipinski definition) is 1. The van der Waals surface area contributed by atoms with Crippen molar-refractivity contribution in [1.82, 2.24) is 0 Å². The van der Waals surface area contributed by atoms with Gasteiger partial charge in [0.15, 0.2) is 0 Å². The summed E-state index contributed by atoms with van der Waals surface area (Å²) in [5, 5.41) is 8.41. The van der Waals surface area contributed by atoms with Gasteiger partial charge in [0.05, 0.1) is 0 Å². The first-order valence-corrected chi connectivity index (χ1v) is 5.75. The van der Waals surface area contributed by atoms with Crippen LogP contribution in [0.25, 0.3) is 0 Å². The fourth-order valence-electron chi connectivity index (χ4n) is 1.29. The molecular weight excluding hydrogens is 316 g/mol. The number of carboxylic acids is 1. The van der Waals surface area contributed by atoms with Gasteiger partial charge in [0.2, 0.25) is 0 Å². The van der Waals surface area contributed by atoms with Crippen LogP contribution in [0.4, 0.5) is 0 Å². The van der Waals surface area contributed by atoms with Crippen molar-refractivity contribution in [2.75, 3.05) is 0 Å². The molecule has 17 heavy (non-hydrogen) atoms. The minimum atomic E-state index is -0.757. The summed E-state index contributed by atoms with van der Waals surface area (Å²) < 4.78 is 5.15. The summed E-state index contributed by atoms with van der Waals surface area (Å²) in [7, 11) is 0. The summed E-state index contributed by atoms with van der Waals surface area (Å²) in [6.07, 6.45) is 3.83. The van der Waals surface area contributed by atoms with Gasteiger partial charge in [-0.2, -0.15) is 0 Å². The number of aliphatic carboxylic acids is 1. The molecule has 0 rings (SSSR count). The molecule has 0 aliphatic heterocycles. The number of carboxylic acid groups (broad SMARTS) is 1. The Morgan fingerprint density at radius 2 is 1.47 bits per heavy atom. The van der Waals surface area contributed by atoms with Crippen LogP contribution >= 0.6 is 0 Å². The molecule has 0 bridgehead atoms. The van der Waals surface area contributed by atoms with Crippen molar-refractivity contribution in [2.45, 2.75) is 64.9 Å². The number of esters is 1. The third-order valence-corrected chi connectivity index (χ3v) is 1.94. The monoisotopic (exact) mass is 337 g/mol. The first-order chi connectivity index (χ1) is 7.31. The molecule has 0 amide bonds. The Morgan fingerprint density at radius 1 is 1.00 bits per heavy atom. The first kappa shape index (κ1) is 19.0. The van der Waals surface area contributed by atoms with Crippen molar-refractivity contribution >= 4 is 11.9 Å². The van der Waals surface area contributed by atoms with E-state index in [0.29, 0.717) is 12.8 Å². The molecule has 0 aliphatic rings. The standard InChI is InChI=1S/C12H22O4.Ag/c1-12(2,3)16-11(15)9-7-5-4-6-8-10(13)14;/h4-9H2,1-3H3,(H,13,14);. The van der Waals surface area contributed by atoms with Gasteiger partial charge in [-0.1, -0.05) is 12.8 Å². The molecule has 0 fully saturated rings. The van der Waals surface area contributed by atoms with Gasteiger partial charge in [-0.05, 0) is 33.6 Å². The molecule has 0 saturated carbocycles. The zero-order valence-corrected chi connectivity index (χ0v) is 12.2. The Bertz CT molecular complexity index is 233. The topological polar surface area (TPSA) is 63.6 Å². The van der Waals surface area contributed by atoms with Gasteiger partial charge < -0.3 is 9.84 Å². The number of unbranched alkanes of at least 4 members (excludes halogenated alkanes) is 3. The molecule has 0 unspecified atom stereocenters. The Labute approximate surface area is 119 Å². The van der Waals surface area contributed by atoms with Gasteiger partial charge in [0.1, 0.15) is 5.60 Å². The predicted molar refractivity (Wildman–Crippen MR) is 61.2 cm³/mol. The zero-order chi connectivity index (χ0) is 12.6. The largest absolute Gasteiger partial charge is 0.481 e. The van der Waals surface area contributed by atoms with E-state index in [4.69, 9.17) is 9.84 Å². The molecule has 1 radical (unpaired) electrons. The zero-order valence-electron chi connectivity index (χ0n) is 10.7. The first-order valence-electron chi connectivity index (χ1n) is 5.75. The maximum atomic E-state index is 11.3. The molecule has 1 N–H and O–H groups in total. The van der Waals surface area contributed by atoms with Gasteiger partial charge in [0, 0.05) is 35.2 Å². The number of ether oxygens (including phenoxy) is 1. The summed E-state index contributed by atoms with van der Waals surface area (Å²) in [5.74, 6) is -0.933. The Kier molecular flexibility index (Phi) is 10.8. The molecule has 105 valence electrons. The van der Waals surface area contributed by atoms with Crippen LogP contribution in [0.5, 0.6) is 0 Å². The van der Waals surface area contributed by atoms with Crippen LogP contribution in [0.15, 0.2) is 0 Å². The smallest absolute Gasteiger partial charge is 0.306 e. The number of carbonyl (C=O) groups excluding carboxylic acids is 1. The number of rotatable bonds is 7. The van der Waals surface area contributed by atoms with Crippen molar-refractivity contribution < 1.29 is 41.8 Å². The van der Waals surface area contributed by atoms with Crippen molar-refractivity contribution in [1.29, 1.82) is 0 Å². The summed E-state index contributed by atoms with van der Waals surface area (Å²) in [6.45, 7) is 5.53. The predicted octanol–water partition coefficient (Wildman–Crippen LogP) is 2.75. The second-order valence-corrected chi connectivity index (χ2v) is 4.89. The normalized spacial score (nSPS) is 10.5. The molecule has 4 nitrogen and oxygen atoms in total. The fourth-order valence-corrected chi connectivity index (χ4v) is 1.29. The number of carbonyl (C=O) groups is 2. The maximum Gasteiger partial charge on any atom is 0.306 e. The van der Waals surface area contributed by atoms with E-state index in [1.807, 2.05) is 20.8 Å². The summed E-state index contributed by atoms with van der Waals surface area (Å²) in [5.41, 5.74) is -0.416. The van der Waals surface area contributed by atoms with E-state index < -0.39 is 11.6 Å². The summed E-state index contributed by atoms with van der Waals surface area (Å²) >= 11 is 0. The van der Waals surface area contributed by atoms with Crippen LogP contribution in [0, 0.1) is 0 Å². The maximum absolute atomic E-state index is 11.3. The van der Waals surface area contributed by atoms with Gasteiger partial charge >= 0.3 is 11.9 Å². The van der Waals surface area contributed by atoms with Crippen molar-refractivity contribution in [3.63, 3.8) is 0 Å². The SMILES string of the molecule is CC(C)(C)OC(=O)CCCCCCC(=O)O.[Ag]. The average molecular weight is 338 g/mol. The minimum absolute atomic E-state index is 0. The van der Waals surface area contributed by atoms with Crippen molar-refractivity contribution in [3.05, 3.63) is 0 Å². The van der Waals surface area contributed by atoms with Gasteiger partial charge in [-0.3, -0.25) is 9.59 Å². The van der Waals surface area contributed by atoms with E-state index in [1.54, 1.807) is 0 Å². The molecule has 0 atom stereocenters. The third kappa shape index (κ3) is 15.7. The molecule has 0 spiro atoms. The van der Waals surface area contributed by atoms with Crippen LogP contribution in [-0.4, -0.2) is 22.6 Å². The van der Waals surface area contributed by atoms with Crippen LogP contribution in [0.3, 0.4) is 0 Å². The number of hydrogen-bond acceptors (Lipinski definition) is 3. The molecule has 0 aliphatic carbocycles. The Balaban J connectivity index is 0. The Morgan fingerprint density at radius 3 is 1.88 bits per heavy atom. The van der Waals surface area contributed by atoms with E-state index in [2.05, 4.69) is 0 Å². The van der Waals surface area contributed by atoms with Crippen LogP contribution in [0.1, 0.15) is 59.3 Å². The molecule has 0 aromatic carbocycles. The Hall–Kier alpha value is -0.320. The van der Waals surface area contributed by atoms with Gasteiger partial charge in [0.25, 0.3) is 0 Å². The van der Waals surface area contributed by atoms with E-state index in [-0.39, 0.29) is 34.8 Å². The molecule has 0 saturated heterocycles. The van der Waals surface area contributed by atoms with Crippen molar-refractivity contribution in [2.24, 2.45) is 0 Å². The quantitative estimate of drug-likeness (QED) is 0.440. The van der Waals surface area contributed by atoms with E-state index in [1.165, 1.54) is 0 Å². The summed E-state index contributed by atoms with van der Waals surface area (Å²) in [6, 6.07) is 0. The van der Waals surface area contributed by atoms with Crippen LogP contribution in [-0.2, 0) is 36.7 Å². The molecule has 0 aromatic rings. The second-order valence-electron chi connectivity index (χ2n) is 4.89. The third-order valence-electron chi connectivity index (χ3n) is 1.94. The van der Waals surface area contributed by atoms with Crippen LogP contribution < -0.4 is 0 Å². The van der Waals surface area contributed by atoms with Crippen LogP contribution in [0.2, 0.25) is 0 Å². The average Bonchev–Trinajstić information content (AvgIpc) is 2.07. The molecule has 0 aromatic heterocycles. The van der Waals surface area contributed by atoms with E-state index in [0.717, 1.165) is 19.3 Å². The fraction of sp³-hybridized carbons (Fsp3) is 0.833. The summed E-state index contributed by atoms with van der Waals surface area (Å²) in [4.78, 5) is 21.5. The van der Waals surface area contributed by atoms with Gasteiger partial charge in [-0.15, -0.1) is 0 Å².